The van der Waals surface area contributed by atoms with Crippen molar-refractivity contribution in [2.24, 2.45) is 0 Å². The van der Waals surface area contributed by atoms with Crippen LogP contribution in [-0.4, -0.2) is 44.3 Å². The fourth-order valence-electron chi connectivity index (χ4n) is 4.33. The first-order valence-electron chi connectivity index (χ1n) is 11.0. The molecule has 31 heavy (non-hydrogen) atoms. The standard InChI is InChI=1S/C24H28N6O/c1-18-16-29(17-25-18)20-11-10-19(14-21(20)31-2)15-22-26-23-8-7-9-24(30(23)27-22)28-12-5-3-4-6-13-28/h7-11,14,16-17H,3-6,12-13,15H2,1-2H3. The molecule has 1 aromatic carbocycles. The van der Waals surface area contributed by atoms with Crippen LogP contribution in [-0.2, 0) is 6.42 Å². The van der Waals surface area contributed by atoms with Gasteiger partial charge in [-0.15, -0.1) is 5.10 Å². The van der Waals surface area contributed by atoms with Crippen molar-refractivity contribution in [1.29, 1.82) is 0 Å². The molecule has 4 aromatic rings. The number of hydrogen-bond acceptors (Lipinski definition) is 5. The highest BCUT2D eigenvalue weighted by Crippen LogP contribution is 2.26. The molecular weight excluding hydrogens is 388 g/mol. The summed E-state index contributed by atoms with van der Waals surface area (Å²) in [6.07, 6.45) is 9.55. The van der Waals surface area contributed by atoms with E-state index in [0.717, 1.165) is 53.1 Å². The molecule has 0 N–H and O–H groups in total. The molecule has 1 aliphatic rings. The summed E-state index contributed by atoms with van der Waals surface area (Å²) in [5, 5.41) is 4.86. The monoisotopic (exact) mass is 416 g/mol. The van der Waals surface area contributed by atoms with Gasteiger partial charge in [0, 0.05) is 25.7 Å². The number of methoxy groups -OCH3 is 1. The minimum Gasteiger partial charge on any atom is -0.495 e. The zero-order chi connectivity index (χ0) is 21.2. The number of aryl methyl sites for hydroxylation is 1. The van der Waals surface area contributed by atoms with Crippen molar-refractivity contribution in [2.45, 2.75) is 39.0 Å². The summed E-state index contributed by atoms with van der Waals surface area (Å²) in [6.45, 7) is 4.15. The van der Waals surface area contributed by atoms with E-state index >= 15 is 0 Å². The van der Waals surface area contributed by atoms with Crippen LogP contribution in [0.1, 0.15) is 42.8 Å². The lowest BCUT2D eigenvalue weighted by Crippen LogP contribution is -2.26. The summed E-state index contributed by atoms with van der Waals surface area (Å²) in [5.41, 5.74) is 3.96. The molecule has 0 radical (unpaired) electrons. The van der Waals surface area contributed by atoms with E-state index in [9.17, 15) is 0 Å². The summed E-state index contributed by atoms with van der Waals surface area (Å²) in [4.78, 5) is 11.6. The topological polar surface area (TPSA) is 60.5 Å². The minimum atomic E-state index is 0.653. The number of aromatic nitrogens is 5. The molecule has 0 saturated carbocycles. The summed E-state index contributed by atoms with van der Waals surface area (Å²) >= 11 is 0. The molecule has 3 aromatic heterocycles. The van der Waals surface area contributed by atoms with Crippen molar-refractivity contribution < 1.29 is 4.74 Å². The third kappa shape index (κ3) is 4.00. The lowest BCUT2D eigenvalue weighted by Gasteiger charge is -2.22. The van der Waals surface area contributed by atoms with Gasteiger partial charge in [-0.05, 0) is 49.6 Å². The quantitative estimate of drug-likeness (QED) is 0.488. The Kier molecular flexibility index (Phi) is 5.32. The van der Waals surface area contributed by atoms with Crippen LogP contribution in [0.4, 0.5) is 5.82 Å². The van der Waals surface area contributed by atoms with E-state index in [1.165, 1.54) is 25.7 Å². The Morgan fingerprint density at radius 2 is 1.87 bits per heavy atom. The number of rotatable bonds is 5. The van der Waals surface area contributed by atoms with Crippen molar-refractivity contribution >= 4 is 11.5 Å². The number of ether oxygens (including phenoxy) is 1. The number of benzene rings is 1. The molecule has 7 nitrogen and oxygen atoms in total. The van der Waals surface area contributed by atoms with E-state index in [2.05, 4.69) is 40.2 Å². The second kappa shape index (κ2) is 8.41. The first-order valence-corrected chi connectivity index (χ1v) is 11.0. The molecule has 0 spiro atoms. The van der Waals surface area contributed by atoms with Gasteiger partial charge in [-0.25, -0.2) is 9.97 Å². The normalized spacial score (nSPS) is 14.7. The molecule has 5 rings (SSSR count). The van der Waals surface area contributed by atoms with Crippen LogP contribution in [0.2, 0.25) is 0 Å². The Balaban J connectivity index is 1.43. The van der Waals surface area contributed by atoms with E-state index in [-0.39, 0.29) is 0 Å². The Morgan fingerprint density at radius 3 is 2.61 bits per heavy atom. The highest BCUT2D eigenvalue weighted by atomic mass is 16.5. The lowest BCUT2D eigenvalue weighted by molar-refractivity contribution is 0.412. The number of hydrogen-bond donors (Lipinski definition) is 0. The predicted molar refractivity (Wildman–Crippen MR) is 121 cm³/mol. The second-order valence-corrected chi connectivity index (χ2v) is 8.19. The molecule has 0 bridgehead atoms. The molecule has 4 heterocycles. The van der Waals surface area contributed by atoms with E-state index in [4.69, 9.17) is 14.8 Å². The maximum Gasteiger partial charge on any atom is 0.158 e. The highest BCUT2D eigenvalue weighted by molar-refractivity contribution is 5.52. The average molecular weight is 417 g/mol. The molecule has 1 fully saturated rings. The van der Waals surface area contributed by atoms with Crippen LogP contribution in [0.5, 0.6) is 5.75 Å². The zero-order valence-corrected chi connectivity index (χ0v) is 18.2. The first-order chi connectivity index (χ1) is 15.2. The van der Waals surface area contributed by atoms with Crippen molar-refractivity contribution in [2.75, 3.05) is 25.1 Å². The van der Waals surface area contributed by atoms with E-state index < -0.39 is 0 Å². The van der Waals surface area contributed by atoms with Gasteiger partial charge in [0.1, 0.15) is 11.6 Å². The van der Waals surface area contributed by atoms with Crippen LogP contribution in [0, 0.1) is 6.92 Å². The van der Waals surface area contributed by atoms with Gasteiger partial charge in [-0.2, -0.15) is 4.52 Å². The lowest BCUT2D eigenvalue weighted by atomic mass is 10.1. The van der Waals surface area contributed by atoms with Crippen LogP contribution in [0.25, 0.3) is 11.3 Å². The van der Waals surface area contributed by atoms with Gasteiger partial charge in [-0.1, -0.05) is 25.0 Å². The van der Waals surface area contributed by atoms with Crippen LogP contribution >= 0.6 is 0 Å². The highest BCUT2D eigenvalue weighted by Gasteiger charge is 2.16. The molecule has 0 amide bonds. The Hall–Kier alpha value is -3.35. The van der Waals surface area contributed by atoms with Crippen LogP contribution in [0.3, 0.4) is 0 Å². The number of nitrogens with zero attached hydrogens (tertiary/aromatic N) is 6. The van der Waals surface area contributed by atoms with Gasteiger partial charge >= 0.3 is 0 Å². The van der Waals surface area contributed by atoms with Gasteiger partial charge in [-0.3, -0.25) is 0 Å². The van der Waals surface area contributed by atoms with Gasteiger partial charge in [0.15, 0.2) is 11.5 Å². The van der Waals surface area contributed by atoms with Gasteiger partial charge in [0.05, 0.1) is 24.8 Å². The van der Waals surface area contributed by atoms with Crippen LogP contribution in [0.15, 0.2) is 48.9 Å². The summed E-state index contributed by atoms with van der Waals surface area (Å²) < 4.78 is 9.64. The fourth-order valence-corrected chi connectivity index (χ4v) is 4.33. The average Bonchev–Trinajstić information content (AvgIpc) is 3.29. The first kappa shape index (κ1) is 19.6. The number of anilines is 1. The van der Waals surface area contributed by atoms with Gasteiger partial charge < -0.3 is 14.2 Å². The third-order valence-corrected chi connectivity index (χ3v) is 5.91. The van der Waals surface area contributed by atoms with Gasteiger partial charge in [0.2, 0.25) is 0 Å². The Morgan fingerprint density at radius 1 is 1.03 bits per heavy atom. The molecule has 1 aliphatic heterocycles. The van der Waals surface area contributed by atoms with E-state index in [0.29, 0.717) is 6.42 Å². The maximum absolute atomic E-state index is 5.66. The maximum atomic E-state index is 5.66. The third-order valence-electron chi connectivity index (χ3n) is 5.91. The molecule has 0 atom stereocenters. The molecule has 160 valence electrons. The minimum absolute atomic E-state index is 0.653. The second-order valence-electron chi connectivity index (χ2n) is 8.19. The Labute approximate surface area is 182 Å². The predicted octanol–water partition coefficient (Wildman–Crippen LogP) is 4.20. The Bertz CT molecular complexity index is 1190. The SMILES string of the molecule is COc1cc(Cc2nc3cccc(N4CCCCCC4)n3n2)ccc1-n1cnc(C)c1. The summed E-state index contributed by atoms with van der Waals surface area (Å²) in [5.74, 6) is 2.76. The number of imidazole rings is 1. The van der Waals surface area contributed by atoms with Crippen molar-refractivity contribution in [3.05, 3.63) is 66.0 Å². The smallest absolute Gasteiger partial charge is 0.158 e. The summed E-state index contributed by atoms with van der Waals surface area (Å²) in [6, 6.07) is 12.5. The zero-order valence-electron chi connectivity index (χ0n) is 18.2. The van der Waals surface area contributed by atoms with E-state index in [1.54, 1.807) is 13.4 Å². The fraction of sp³-hybridized carbons (Fsp3) is 0.375. The van der Waals surface area contributed by atoms with E-state index in [1.807, 2.05) is 28.3 Å². The molecule has 0 unspecified atom stereocenters. The van der Waals surface area contributed by atoms with Crippen molar-refractivity contribution in [1.82, 2.24) is 24.1 Å². The molecule has 1 saturated heterocycles. The summed E-state index contributed by atoms with van der Waals surface area (Å²) in [7, 11) is 1.70. The van der Waals surface area contributed by atoms with Crippen molar-refractivity contribution in [3.8, 4) is 11.4 Å². The van der Waals surface area contributed by atoms with Gasteiger partial charge in [0.25, 0.3) is 0 Å². The number of pyridine rings is 1. The number of fused-ring (bicyclic) bond motifs is 1. The molecular formula is C24H28N6O. The molecule has 7 heteroatoms. The van der Waals surface area contributed by atoms with Crippen LogP contribution < -0.4 is 9.64 Å². The molecule has 0 aliphatic carbocycles. The van der Waals surface area contributed by atoms with Crippen molar-refractivity contribution in [3.63, 3.8) is 0 Å². The largest absolute Gasteiger partial charge is 0.495 e.